The molecule has 1 aromatic rings. The molecular formula is C16H22N2O3. The van der Waals surface area contributed by atoms with E-state index in [-0.39, 0.29) is 5.91 Å². The molecule has 114 valence electrons. The number of benzene rings is 1. The van der Waals surface area contributed by atoms with Gasteiger partial charge in [-0.1, -0.05) is 12.1 Å². The summed E-state index contributed by atoms with van der Waals surface area (Å²) in [6.45, 7) is 0. The minimum atomic E-state index is -0.835. The van der Waals surface area contributed by atoms with Crippen molar-refractivity contribution in [2.45, 2.75) is 25.3 Å². The van der Waals surface area contributed by atoms with Gasteiger partial charge in [0, 0.05) is 33.3 Å². The van der Waals surface area contributed by atoms with Gasteiger partial charge in [-0.15, -0.1) is 0 Å². The minimum Gasteiger partial charge on any atom is -0.481 e. The molecule has 2 unspecified atom stereocenters. The van der Waals surface area contributed by atoms with Gasteiger partial charge in [-0.3, -0.25) is 9.59 Å². The van der Waals surface area contributed by atoms with E-state index < -0.39 is 17.9 Å². The molecule has 0 aromatic heterocycles. The smallest absolute Gasteiger partial charge is 0.308 e. The van der Waals surface area contributed by atoms with Crippen LogP contribution in [0.1, 0.15) is 30.9 Å². The average molecular weight is 290 g/mol. The fourth-order valence-corrected chi connectivity index (χ4v) is 2.92. The molecule has 0 spiro atoms. The van der Waals surface area contributed by atoms with Gasteiger partial charge in [0.25, 0.3) is 0 Å². The van der Waals surface area contributed by atoms with Gasteiger partial charge >= 0.3 is 5.97 Å². The highest BCUT2D eigenvalue weighted by atomic mass is 16.4. The normalized spacial score (nSPS) is 22.8. The number of aliphatic carboxylic acids is 1. The molecular weight excluding hydrogens is 268 g/mol. The molecule has 1 fully saturated rings. The van der Waals surface area contributed by atoms with Crippen molar-refractivity contribution in [1.29, 1.82) is 0 Å². The Hall–Kier alpha value is -2.04. The van der Waals surface area contributed by atoms with Crippen molar-refractivity contribution in [2.24, 2.45) is 5.92 Å². The van der Waals surface area contributed by atoms with Crippen molar-refractivity contribution in [3.63, 3.8) is 0 Å². The Balaban J connectivity index is 2.38. The third-order valence-corrected chi connectivity index (χ3v) is 4.17. The molecule has 1 aromatic carbocycles. The van der Waals surface area contributed by atoms with E-state index >= 15 is 0 Å². The highest BCUT2D eigenvalue weighted by Gasteiger charge is 2.36. The molecule has 1 N–H and O–H groups in total. The Morgan fingerprint density at radius 1 is 1.29 bits per heavy atom. The SMILES string of the molecule is CN(C)c1ccc(C2C(C(=O)O)CCCC(=O)N2C)cc1. The van der Waals surface area contributed by atoms with Crippen LogP contribution < -0.4 is 4.90 Å². The monoisotopic (exact) mass is 290 g/mol. The van der Waals surface area contributed by atoms with Crippen molar-refractivity contribution >= 4 is 17.6 Å². The van der Waals surface area contributed by atoms with Gasteiger partial charge in [0.2, 0.25) is 5.91 Å². The number of hydrogen-bond acceptors (Lipinski definition) is 3. The van der Waals surface area contributed by atoms with E-state index in [9.17, 15) is 14.7 Å². The summed E-state index contributed by atoms with van der Waals surface area (Å²) in [5, 5.41) is 9.50. The molecule has 5 nitrogen and oxygen atoms in total. The van der Waals surface area contributed by atoms with Crippen LogP contribution in [0.3, 0.4) is 0 Å². The largest absolute Gasteiger partial charge is 0.481 e. The van der Waals surface area contributed by atoms with Crippen LogP contribution in [0.2, 0.25) is 0 Å². The molecule has 0 saturated carbocycles. The first kappa shape index (κ1) is 15.4. The third-order valence-electron chi connectivity index (χ3n) is 4.17. The van der Waals surface area contributed by atoms with E-state index in [4.69, 9.17) is 0 Å². The first-order valence-corrected chi connectivity index (χ1v) is 7.17. The lowest BCUT2D eigenvalue weighted by Crippen LogP contribution is -2.36. The molecule has 1 heterocycles. The summed E-state index contributed by atoms with van der Waals surface area (Å²) in [7, 11) is 5.61. The number of hydrogen-bond donors (Lipinski definition) is 1. The predicted octanol–water partition coefficient (Wildman–Crippen LogP) is 2.14. The summed E-state index contributed by atoms with van der Waals surface area (Å²) in [5.74, 6) is -1.37. The lowest BCUT2D eigenvalue weighted by Gasteiger charge is -2.31. The summed E-state index contributed by atoms with van der Waals surface area (Å²) < 4.78 is 0. The molecule has 2 atom stereocenters. The molecule has 1 amide bonds. The van der Waals surface area contributed by atoms with Gasteiger partial charge < -0.3 is 14.9 Å². The quantitative estimate of drug-likeness (QED) is 0.926. The standard InChI is InChI=1S/C16H22N2O3/c1-17(2)12-9-7-11(8-10-12)15-13(16(20)21)5-4-6-14(19)18(15)3/h7-10,13,15H,4-6H2,1-3H3,(H,20,21). The summed E-state index contributed by atoms with van der Waals surface area (Å²) in [4.78, 5) is 27.2. The van der Waals surface area contributed by atoms with Crippen molar-refractivity contribution in [1.82, 2.24) is 4.90 Å². The zero-order valence-corrected chi connectivity index (χ0v) is 12.7. The summed E-state index contributed by atoms with van der Waals surface area (Å²) in [5.41, 5.74) is 1.93. The maximum atomic E-state index is 12.1. The van der Waals surface area contributed by atoms with E-state index in [0.29, 0.717) is 19.3 Å². The van der Waals surface area contributed by atoms with Gasteiger partial charge in [0.05, 0.1) is 12.0 Å². The third kappa shape index (κ3) is 3.17. The molecule has 0 radical (unpaired) electrons. The van der Waals surface area contributed by atoms with Crippen LogP contribution in [0.15, 0.2) is 24.3 Å². The van der Waals surface area contributed by atoms with Crippen LogP contribution in [0.5, 0.6) is 0 Å². The summed E-state index contributed by atoms with van der Waals surface area (Å²) >= 11 is 0. The number of amides is 1. The lowest BCUT2D eigenvalue weighted by molar-refractivity contribution is -0.145. The van der Waals surface area contributed by atoms with Gasteiger partial charge in [0.1, 0.15) is 0 Å². The molecule has 21 heavy (non-hydrogen) atoms. The number of nitrogens with zero attached hydrogens (tertiary/aromatic N) is 2. The number of carbonyl (C=O) groups is 2. The highest BCUT2D eigenvalue weighted by Crippen LogP contribution is 2.35. The van der Waals surface area contributed by atoms with Crippen molar-refractivity contribution in [3.05, 3.63) is 29.8 Å². The molecule has 0 aliphatic carbocycles. The lowest BCUT2D eigenvalue weighted by atomic mass is 9.89. The minimum absolute atomic E-state index is 0.0143. The van der Waals surface area contributed by atoms with Crippen LogP contribution in [0.4, 0.5) is 5.69 Å². The highest BCUT2D eigenvalue weighted by molar-refractivity contribution is 5.79. The maximum absolute atomic E-state index is 12.1. The molecule has 1 saturated heterocycles. The zero-order valence-electron chi connectivity index (χ0n) is 12.7. The van der Waals surface area contributed by atoms with Gasteiger partial charge in [-0.2, -0.15) is 0 Å². The Morgan fingerprint density at radius 2 is 1.90 bits per heavy atom. The number of anilines is 1. The van der Waals surface area contributed by atoms with E-state index in [1.165, 1.54) is 0 Å². The van der Waals surface area contributed by atoms with Crippen LogP contribution >= 0.6 is 0 Å². The fraction of sp³-hybridized carbons (Fsp3) is 0.500. The second-order valence-electron chi connectivity index (χ2n) is 5.77. The second kappa shape index (κ2) is 6.16. The molecule has 1 aliphatic rings. The summed E-state index contributed by atoms with van der Waals surface area (Å²) in [6, 6.07) is 7.36. The first-order chi connectivity index (χ1) is 9.91. The fourth-order valence-electron chi connectivity index (χ4n) is 2.92. The predicted molar refractivity (Wildman–Crippen MR) is 81.3 cm³/mol. The topological polar surface area (TPSA) is 60.9 Å². The van der Waals surface area contributed by atoms with Crippen LogP contribution in [0, 0.1) is 5.92 Å². The Morgan fingerprint density at radius 3 is 2.43 bits per heavy atom. The second-order valence-corrected chi connectivity index (χ2v) is 5.77. The van der Waals surface area contributed by atoms with Gasteiger partial charge in [0.15, 0.2) is 0 Å². The summed E-state index contributed by atoms with van der Waals surface area (Å²) in [6.07, 6.45) is 1.59. The number of likely N-dealkylation sites (tertiary alicyclic amines) is 1. The van der Waals surface area contributed by atoms with Crippen LogP contribution in [-0.2, 0) is 9.59 Å². The van der Waals surface area contributed by atoms with E-state index in [1.807, 2.05) is 43.3 Å². The first-order valence-electron chi connectivity index (χ1n) is 7.17. The van der Waals surface area contributed by atoms with Gasteiger partial charge in [-0.05, 0) is 30.5 Å². The van der Waals surface area contributed by atoms with E-state index in [0.717, 1.165) is 11.3 Å². The van der Waals surface area contributed by atoms with Crippen molar-refractivity contribution < 1.29 is 14.7 Å². The van der Waals surface area contributed by atoms with Crippen LogP contribution in [0.25, 0.3) is 0 Å². The molecule has 5 heteroatoms. The zero-order chi connectivity index (χ0) is 15.6. The Kier molecular flexibility index (Phi) is 4.50. The Bertz CT molecular complexity index is 525. The number of carboxylic acid groups (broad SMARTS) is 1. The Labute approximate surface area is 125 Å². The van der Waals surface area contributed by atoms with Gasteiger partial charge in [-0.25, -0.2) is 0 Å². The van der Waals surface area contributed by atoms with E-state index in [2.05, 4.69) is 0 Å². The number of carboxylic acids is 1. The maximum Gasteiger partial charge on any atom is 0.308 e. The molecule has 2 rings (SSSR count). The molecule has 0 bridgehead atoms. The number of rotatable bonds is 3. The van der Waals surface area contributed by atoms with Crippen molar-refractivity contribution in [2.75, 3.05) is 26.0 Å². The average Bonchev–Trinajstić information content (AvgIpc) is 2.59. The van der Waals surface area contributed by atoms with Crippen molar-refractivity contribution in [3.8, 4) is 0 Å². The van der Waals surface area contributed by atoms with E-state index in [1.54, 1.807) is 11.9 Å². The molecule has 1 aliphatic heterocycles. The van der Waals surface area contributed by atoms with Crippen LogP contribution in [-0.4, -0.2) is 43.0 Å². The number of carbonyl (C=O) groups excluding carboxylic acids is 1.